The average Bonchev–Trinajstić information content (AvgIpc) is 2.26. The second-order valence-corrected chi connectivity index (χ2v) is 4.31. The fraction of sp³-hybridized carbons (Fsp3) is 1.00. The molecule has 0 aliphatic carbocycles. The summed E-state index contributed by atoms with van der Waals surface area (Å²) in [7, 11) is 2.16. The molecule has 2 aliphatic heterocycles. The maximum Gasteiger partial charge on any atom is 0.0847 e. The van der Waals surface area contributed by atoms with Crippen LogP contribution in [0.4, 0.5) is 0 Å². The predicted octanol–water partition coefficient (Wildman–Crippen LogP) is 0.683. The summed E-state index contributed by atoms with van der Waals surface area (Å²) >= 11 is 0. The van der Waals surface area contributed by atoms with Gasteiger partial charge in [-0.25, -0.2) is 5.01 Å². The fourth-order valence-corrected chi connectivity index (χ4v) is 2.20. The summed E-state index contributed by atoms with van der Waals surface area (Å²) in [6.45, 7) is 8.83. The number of likely N-dealkylation sites (tertiary alicyclic amines) is 1. The lowest BCUT2D eigenvalue weighted by Crippen LogP contribution is -2.58. The molecular formula is C11H25N3O. The van der Waals surface area contributed by atoms with Crippen LogP contribution in [0.2, 0.25) is 0 Å². The number of piperidine rings is 1. The largest absolute Gasteiger partial charge is 0.372 e. The van der Waals surface area contributed by atoms with Crippen molar-refractivity contribution in [1.82, 2.24) is 9.91 Å². The molecule has 1 spiro atoms. The molecule has 0 amide bonds. The quantitative estimate of drug-likeness (QED) is 0.604. The monoisotopic (exact) mass is 215 g/mol. The van der Waals surface area contributed by atoms with E-state index < -0.39 is 0 Å². The smallest absolute Gasteiger partial charge is 0.0847 e. The molecule has 0 atom stereocenters. The van der Waals surface area contributed by atoms with E-state index in [1.54, 1.807) is 0 Å². The number of hydrogen-bond donors (Lipinski definition) is 1. The summed E-state index contributed by atoms with van der Waals surface area (Å²) in [5, 5.41) is 1.90. The van der Waals surface area contributed by atoms with Crippen LogP contribution in [0.1, 0.15) is 26.7 Å². The van der Waals surface area contributed by atoms with Crippen LogP contribution in [0.15, 0.2) is 0 Å². The maximum absolute atomic E-state index is 5.88. The molecule has 2 saturated heterocycles. The van der Waals surface area contributed by atoms with Crippen molar-refractivity contribution in [2.45, 2.75) is 32.3 Å². The Bertz CT molecular complexity index is 179. The van der Waals surface area contributed by atoms with Gasteiger partial charge < -0.3 is 9.64 Å². The zero-order valence-electron chi connectivity index (χ0n) is 10.3. The minimum absolute atomic E-state index is 0.0690. The van der Waals surface area contributed by atoms with Crippen LogP contribution >= 0.6 is 0 Å². The molecule has 0 saturated carbocycles. The van der Waals surface area contributed by atoms with Crippen LogP contribution in [-0.4, -0.2) is 55.3 Å². The van der Waals surface area contributed by atoms with E-state index in [1.807, 2.05) is 18.9 Å². The van der Waals surface area contributed by atoms with Gasteiger partial charge in [0.25, 0.3) is 0 Å². The second kappa shape index (κ2) is 5.80. The van der Waals surface area contributed by atoms with E-state index in [1.165, 1.54) is 0 Å². The van der Waals surface area contributed by atoms with Gasteiger partial charge in [0.2, 0.25) is 0 Å². The molecule has 15 heavy (non-hydrogen) atoms. The first-order chi connectivity index (χ1) is 7.20. The van der Waals surface area contributed by atoms with E-state index >= 15 is 0 Å². The summed E-state index contributed by atoms with van der Waals surface area (Å²) in [4.78, 5) is 2.35. The van der Waals surface area contributed by atoms with Crippen LogP contribution in [-0.2, 0) is 4.74 Å². The Labute approximate surface area is 93.3 Å². The van der Waals surface area contributed by atoms with Crippen LogP contribution in [0.3, 0.4) is 0 Å². The van der Waals surface area contributed by atoms with Crippen LogP contribution in [0.25, 0.3) is 0 Å². The zero-order valence-corrected chi connectivity index (χ0v) is 10.3. The SMILES string of the molecule is CC.CN1CCC2(CC1)CN(N)CCO2. The summed E-state index contributed by atoms with van der Waals surface area (Å²) in [6, 6.07) is 0. The molecule has 2 aliphatic rings. The van der Waals surface area contributed by atoms with E-state index in [-0.39, 0.29) is 5.60 Å². The highest BCUT2D eigenvalue weighted by molar-refractivity contribution is 4.91. The fourth-order valence-electron chi connectivity index (χ4n) is 2.20. The number of hydrogen-bond acceptors (Lipinski definition) is 4. The molecule has 90 valence electrons. The topological polar surface area (TPSA) is 41.7 Å². The Kier molecular flexibility index (Phi) is 4.99. The number of nitrogens with two attached hydrogens (primary N) is 1. The van der Waals surface area contributed by atoms with Crippen molar-refractivity contribution in [3.05, 3.63) is 0 Å². The van der Waals surface area contributed by atoms with E-state index in [9.17, 15) is 0 Å². The van der Waals surface area contributed by atoms with E-state index in [0.29, 0.717) is 0 Å². The van der Waals surface area contributed by atoms with Crippen LogP contribution in [0.5, 0.6) is 0 Å². The van der Waals surface area contributed by atoms with Crippen molar-refractivity contribution in [1.29, 1.82) is 0 Å². The normalized spacial score (nSPS) is 27.2. The number of rotatable bonds is 0. The first-order valence-corrected chi connectivity index (χ1v) is 6.02. The Balaban J connectivity index is 0.000000531. The highest BCUT2D eigenvalue weighted by Crippen LogP contribution is 2.28. The minimum Gasteiger partial charge on any atom is -0.372 e. The third-order valence-corrected chi connectivity index (χ3v) is 3.18. The minimum atomic E-state index is 0.0690. The zero-order chi connectivity index (χ0) is 11.3. The third-order valence-electron chi connectivity index (χ3n) is 3.18. The van der Waals surface area contributed by atoms with Gasteiger partial charge in [0.05, 0.1) is 12.2 Å². The molecule has 0 aromatic rings. The second-order valence-electron chi connectivity index (χ2n) is 4.31. The van der Waals surface area contributed by atoms with Gasteiger partial charge >= 0.3 is 0 Å². The molecule has 0 bridgehead atoms. The van der Waals surface area contributed by atoms with Gasteiger partial charge in [0.15, 0.2) is 0 Å². The number of ether oxygens (including phenoxy) is 1. The lowest BCUT2D eigenvalue weighted by Gasteiger charge is -2.45. The number of hydrazine groups is 1. The molecule has 4 heteroatoms. The molecule has 2 fully saturated rings. The van der Waals surface area contributed by atoms with Crippen LogP contribution < -0.4 is 5.84 Å². The van der Waals surface area contributed by atoms with Crippen molar-refractivity contribution in [2.24, 2.45) is 5.84 Å². The molecule has 2 N–H and O–H groups in total. The van der Waals surface area contributed by atoms with Crippen molar-refractivity contribution in [3.8, 4) is 0 Å². The molecule has 0 radical (unpaired) electrons. The third kappa shape index (κ3) is 3.41. The predicted molar refractivity (Wildman–Crippen MR) is 62.5 cm³/mol. The van der Waals surface area contributed by atoms with Crippen LogP contribution in [0, 0.1) is 0 Å². The van der Waals surface area contributed by atoms with Gasteiger partial charge in [0.1, 0.15) is 0 Å². The van der Waals surface area contributed by atoms with Gasteiger partial charge in [-0.2, -0.15) is 0 Å². The highest BCUT2D eigenvalue weighted by atomic mass is 16.5. The van der Waals surface area contributed by atoms with E-state index in [0.717, 1.165) is 45.6 Å². The Morgan fingerprint density at radius 1 is 1.13 bits per heavy atom. The first kappa shape index (κ1) is 12.9. The van der Waals surface area contributed by atoms with Crippen molar-refractivity contribution in [3.63, 3.8) is 0 Å². The molecule has 0 aromatic heterocycles. The van der Waals surface area contributed by atoms with Gasteiger partial charge in [-0.15, -0.1) is 0 Å². The maximum atomic E-state index is 5.88. The Morgan fingerprint density at radius 3 is 2.27 bits per heavy atom. The van der Waals surface area contributed by atoms with Crippen molar-refractivity contribution < 1.29 is 4.74 Å². The standard InChI is InChI=1S/C9H19N3O.C2H6/c1-11-4-2-9(3-5-11)8-12(10)6-7-13-9;1-2/h2-8,10H2,1H3;1-2H3. The summed E-state index contributed by atoms with van der Waals surface area (Å²) in [5.74, 6) is 5.81. The number of morpholine rings is 1. The Morgan fingerprint density at radius 2 is 1.73 bits per heavy atom. The molecule has 4 nitrogen and oxygen atoms in total. The molecule has 0 aromatic carbocycles. The average molecular weight is 215 g/mol. The van der Waals surface area contributed by atoms with E-state index in [2.05, 4.69) is 11.9 Å². The molecule has 0 unspecified atom stereocenters. The van der Waals surface area contributed by atoms with Gasteiger partial charge in [-0.1, -0.05) is 13.8 Å². The highest BCUT2D eigenvalue weighted by Gasteiger charge is 2.38. The number of nitrogens with zero attached hydrogens (tertiary/aromatic N) is 2. The summed E-state index contributed by atoms with van der Waals surface area (Å²) in [5.41, 5.74) is 0.0690. The lowest BCUT2D eigenvalue weighted by atomic mass is 9.90. The van der Waals surface area contributed by atoms with Gasteiger partial charge in [0, 0.05) is 26.2 Å². The van der Waals surface area contributed by atoms with Crippen molar-refractivity contribution in [2.75, 3.05) is 39.8 Å². The Hall–Kier alpha value is -0.160. The molecule has 2 rings (SSSR count). The lowest BCUT2D eigenvalue weighted by molar-refractivity contribution is -0.134. The molecule has 2 heterocycles. The van der Waals surface area contributed by atoms with E-state index in [4.69, 9.17) is 10.6 Å². The van der Waals surface area contributed by atoms with Crippen molar-refractivity contribution >= 4 is 0 Å². The first-order valence-electron chi connectivity index (χ1n) is 6.02. The summed E-state index contributed by atoms with van der Waals surface area (Å²) in [6.07, 6.45) is 2.24. The summed E-state index contributed by atoms with van der Waals surface area (Å²) < 4.78 is 5.88. The van der Waals surface area contributed by atoms with Gasteiger partial charge in [-0.3, -0.25) is 5.84 Å². The molecular weight excluding hydrogens is 190 g/mol. The van der Waals surface area contributed by atoms with Gasteiger partial charge in [-0.05, 0) is 19.9 Å².